The first-order valence-electron chi connectivity index (χ1n) is 9.18. The van der Waals surface area contributed by atoms with Gasteiger partial charge in [-0.2, -0.15) is 4.31 Å². The molecule has 0 aliphatic carbocycles. The van der Waals surface area contributed by atoms with Gasteiger partial charge in [0.15, 0.2) is 0 Å². The van der Waals surface area contributed by atoms with E-state index in [0.29, 0.717) is 29.1 Å². The molecular formula is C20H18Cl2N2O4S2. The topological polar surface area (TPSA) is 66.9 Å². The molecule has 1 saturated heterocycles. The number of ether oxygens (including phenoxy) is 1. The van der Waals surface area contributed by atoms with Crippen LogP contribution in [0.2, 0.25) is 9.36 Å². The van der Waals surface area contributed by atoms with Gasteiger partial charge in [-0.25, -0.2) is 8.42 Å². The smallest absolute Gasteiger partial charge is 0.252 e. The van der Waals surface area contributed by atoms with Crippen molar-refractivity contribution >= 4 is 56.5 Å². The third-order valence-electron chi connectivity index (χ3n) is 4.84. The Kier molecular flexibility index (Phi) is 6.22. The molecule has 0 spiro atoms. The van der Waals surface area contributed by atoms with Crippen LogP contribution in [0.4, 0.5) is 0 Å². The molecule has 1 amide bonds. The Morgan fingerprint density at radius 2 is 1.87 bits per heavy atom. The first kappa shape index (κ1) is 21.4. The Balaban J connectivity index is 1.37. The molecule has 1 aromatic heterocycles. The summed E-state index contributed by atoms with van der Waals surface area (Å²) in [6.07, 6.45) is 5.15. The van der Waals surface area contributed by atoms with Crippen molar-refractivity contribution in [2.75, 3.05) is 32.8 Å². The number of hydrogen-bond acceptors (Lipinski definition) is 5. The summed E-state index contributed by atoms with van der Waals surface area (Å²) in [6, 6.07) is 8.47. The second-order valence-electron chi connectivity index (χ2n) is 6.81. The van der Waals surface area contributed by atoms with Crippen molar-refractivity contribution < 1.29 is 17.9 Å². The lowest BCUT2D eigenvalue weighted by Gasteiger charge is -2.33. The van der Waals surface area contributed by atoms with Gasteiger partial charge < -0.3 is 9.64 Å². The maximum Gasteiger partial charge on any atom is 0.252 e. The highest BCUT2D eigenvalue weighted by atomic mass is 35.5. The molecule has 3 heterocycles. The number of thiophene rings is 1. The molecule has 2 aliphatic heterocycles. The Bertz CT molecular complexity index is 1130. The van der Waals surface area contributed by atoms with Crippen LogP contribution in [0.25, 0.3) is 6.08 Å². The fraction of sp³-hybridized carbons (Fsp3) is 0.250. The highest BCUT2D eigenvalue weighted by Gasteiger charge is 2.30. The van der Waals surface area contributed by atoms with Gasteiger partial charge in [0.25, 0.3) is 10.0 Å². The maximum atomic E-state index is 12.7. The summed E-state index contributed by atoms with van der Waals surface area (Å²) >= 11 is 12.9. The number of piperazine rings is 1. The van der Waals surface area contributed by atoms with E-state index in [4.69, 9.17) is 27.9 Å². The second-order valence-corrected chi connectivity index (χ2v) is 11.1. The minimum absolute atomic E-state index is 0.163. The number of hydrogen-bond donors (Lipinski definition) is 0. The first-order chi connectivity index (χ1) is 14.3. The number of sulfonamides is 1. The number of carbonyl (C=O) groups excluding carboxylic acids is 1. The first-order valence-corrected chi connectivity index (χ1v) is 12.2. The van der Waals surface area contributed by atoms with E-state index in [1.54, 1.807) is 23.1 Å². The highest BCUT2D eigenvalue weighted by molar-refractivity contribution is 7.91. The lowest BCUT2D eigenvalue weighted by molar-refractivity contribution is -0.127. The molecule has 0 atom stereocenters. The van der Waals surface area contributed by atoms with Gasteiger partial charge in [0.1, 0.15) is 16.6 Å². The zero-order chi connectivity index (χ0) is 21.3. The molecule has 0 bridgehead atoms. The van der Waals surface area contributed by atoms with E-state index in [-0.39, 0.29) is 23.2 Å². The van der Waals surface area contributed by atoms with Crippen LogP contribution in [-0.4, -0.2) is 56.3 Å². The van der Waals surface area contributed by atoms with Crippen LogP contribution in [0.1, 0.15) is 5.56 Å². The average Bonchev–Trinajstić information content (AvgIpc) is 3.19. The summed E-state index contributed by atoms with van der Waals surface area (Å²) in [4.78, 5) is 14.2. The van der Waals surface area contributed by atoms with Gasteiger partial charge in [0.2, 0.25) is 5.91 Å². The third kappa shape index (κ3) is 4.58. The predicted octanol–water partition coefficient (Wildman–Crippen LogP) is 3.92. The number of halogens is 2. The monoisotopic (exact) mass is 484 g/mol. The fourth-order valence-electron chi connectivity index (χ4n) is 3.26. The molecule has 4 rings (SSSR count). The Hall–Kier alpha value is -1.84. The summed E-state index contributed by atoms with van der Waals surface area (Å²) in [5.41, 5.74) is 1.72. The molecule has 10 heteroatoms. The van der Waals surface area contributed by atoms with Gasteiger partial charge in [-0.15, -0.1) is 11.3 Å². The van der Waals surface area contributed by atoms with E-state index in [0.717, 1.165) is 28.2 Å². The molecule has 30 heavy (non-hydrogen) atoms. The molecule has 2 aromatic rings. The van der Waals surface area contributed by atoms with Gasteiger partial charge in [-0.05, 0) is 42.0 Å². The van der Waals surface area contributed by atoms with Crippen LogP contribution in [0.3, 0.4) is 0 Å². The van der Waals surface area contributed by atoms with Gasteiger partial charge in [-0.1, -0.05) is 29.3 Å². The van der Waals surface area contributed by atoms with E-state index >= 15 is 0 Å². The van der Waals surface area contributed by atoms with E-state index in [1.807, 2.05) is 18.2 Å². The molecular weight excluding hydrogens is 467 g/mol. The number of rotatable bonds is 4. The van der Waals surface area contributed by atoms with Crippen LogP contribution < -0.4 is 4.74 Å². The van der Waals surface area contributed by atoms with Crippen LogP contribution in [0, 0.1) is 0 Å². The standard InChI is InChI=1S/C20H18Cl2N2O4S2/c21-16-2-3-17-15(12-16)11-14(13-28-17)1-5-19(25)23-7-9-24(10-8-23)30(26,27)20-6-4-18(22)29-20/h1-6,11-12H,7-10,13H2/b5-1+. The molecule has 1 fully saturated rings. The quantitative estimate of drug-likeness (QED) is 0.616. The summed E-state index contributed by atoms with van der Waals surface area (Å²) in [7, 11) is -3.58. The van der Waals surface area contributed by atoms with Crippen molar-refractivity contribution in [3.8, 4) is 5.75 Å². The van der Waals surface area contributed by atoms with Crippen molar-refractivity contribution in [2.45, 2.75) is 4.21 Å². The zero-order valence-electron chi connectivity index (χ0n) is 15.8. The number of carbonyl (C=O) groups is 1. The Labute approximate surface area is 189 Å². The molecule has 6 nitrogen and oxygen atoms in total. The van der Waals surface area contributed by atoms with E-state index in [9.17, 15) is 13.2 Å². The van der Waals surface area contributed by atoms with Crippen LogP contribution in [-0.2, 0) is 14.8 Å². The summed E-state index contributed by atoms with van der Waals surface area (Å²) in [6.45, 7) is 1.52. The normalized spacial score (nSPS) is 17.5. The van der Waals surface area contributed by atoms with Crippen LogP contribution >= 0.6 is 34.5 Å². The zero-order valence-corrected chi connectivity index (χ0v) is 18.9. The Morgan fingerprint density at radius 1 is 1.10 bits per heavy atom. The SMILES string of the molecule is O=C(/C=C/C1=Cc2cc(Cl)ccc2OC1)N1CCN(S(=O)(=O)c2ccc(Cl)s2)CC1. The molecule has 2 aliphatic rings. The van der Waals surface area contributed by atoms with Crippen molar-refractivity contribution in [3.63, 3.8) is 0 Å². The van der Waals surface area contributed by atoms with Crippen molar-refractivity contribution in [1.82, 2.24) is 9.21 Å². The maximum absolute atomic E-state index is 12.7. The number of benzene rings is 1. The second kappa shape index (κ2) is 8.72. The largest absolute Gasteiger partial charge is 0.488 e. The number of nitrogens with zero attached hydrogens (tertiary/aromatic N) is 2. The minimum atomic E-state index is -3.58. The van der Waals surface area contributed by atoms with Crippen molar-refractivity contribution in [2.24, 2.45) is 0 Å². The summed E-state index contributed by atoms with van der Waals surface area (Å²) in [5, 5.41) is 0.618. The fourth-order valence-corrected chi connectivity index (χ4v) is 6.50. The molecule has 0 saturated carbocycles. The highest BCUT2D eigenvalue weighted by Crippen LogP contribution is 2.30. The molecule has 0 unspecified atom stereocenters. The van der Waals surface area contributed by atoms with E-state index < -0.39 is 10.0 Å². The summed E-state index contributed by atoms with van der Waals surface area (Å²) in [5.74, 6) is 0.594. The minimum Gasteiger partial charge on any atom is -0.488 e. The molecule has 158 valence electrons. The van der Waals surface area contributed by atoms with Gasteiger partial charge in [0, 0.05) is 42.8 Å². The van der Waals surface area contributed by atoms with Crippen molar-refractivity contribution in [3.05, 3.63) is 63.0 Å². The molecule has 0 N–H and O–H groups in total. The van der Waals surface area contributed by atoms with Gasteiger partial charge in [0.05, 0.1) is 4.34 Å². The van der Waals surface area contributed by atoms with E-state index in [1.165, 1.54) is 16.4 Å². The van der Waals surface area contributed by atoms with Crippen molar-refractivity contribution in [1.29, 1.82) is 0 Å². The summed E-state index contributed by atoms with van der Waals surface area (Å²) < 4.78 is 33.0. The van der Waals surface area contributed by atoms with Crippen LogP contribution in [0.15, 0.2) is 52.3 Å². The lowest BCUT2D eigenvalue weighted by Crippen LogP contribution is -2.50. The predicted molar refractivity (Wildman–Crippen MR) is 119 cm³/mol. The van der Waals surface area contributed by atoms with Crippen LogP contribution in [0.5, 0.6) is 5.75 Å². The number of fused-ring (bicyclic) bond motifs is 1. The Morgan fingerprint density at radius 3 is 2.57 bits per heavy atom. The van der Waals surface area contributed by atoms with E-state index in [2.05, 4.69) is 0 Å². The van der Waals surface area contributed by atoms with Gasteiger partial charge >= 0.3 is 0 Å². The third-order valence-corrected chi connectivity index (χ3v) is 8.67. The molecule has 0 radical (unpaired) electrons. The lowest BCUT2D eigenvalue weighted by atomic mass is 10.1. The molecule has 1 aromatic carbocycles. The number of amides is 1. The average molecular weight is 485 g/mol. The van der Waals surface area contributed by atoms with Gasteiger partial charge in [-0.3, -0.25) is 4.79 Å².